The summed E-state index contributed by atoms with van der Waals surface area (Å²) in [4.78, 5) is 13.8. The third kappa shape index (κ3) is 3.55. The van der Waals surface area contributed by atoms with Gasteiger partial charge in [0.1, 0.15) is 11.6 Å². The van der Waals surface area contributed by atoms with Gasteiger partial charge in [0.05, 0.1) is 17.6 Å². The fourth-order valence-electron chi connectivity index (χ4n) is 2.98. The van der Waals surface area contributed by atoms with E-state index in [4.69, 9.17) is 5.14 Å². The number of sulfonamides is 1. The molecule has 25 heavy (non-hydrogen) atoms. The van der Waals surface area contributed by atoms with Gasteiger partial charge in [0.15, 0.2) is 5.82 Å². The van der Waals surface area contributed by atoms with Gasteiger partial charge in [0, 0.05) is 18.9 Å². The van der Waals surface area contributed by atoms with Crippen molar-refractivity contribution < 1.29 is 13.2 Å². The quantitative estimate of drug-likeness (QED) is 0.861. The number of anilines is 1. The first-order chi connectivity index (χ1) is 11.8. The Morgan fingerprint density at radius 3 is 2.64 bits per heavy atom. The van der Waals surface area contributed by atoms with Crippen LogP contribution >= 0.6 is 0 Å². The molecule has 2 heterocycles. The van der Waals surface area contributed by atoms with Crippen LogP contribution in [0.25, 0.3) is 5.69 Å². The van der Waals surface area contributed by atoms with Crippen molar-refractivity contribution in [1.82, 2.24) is 9.78 Å². The van der Waals surface area contributed by atoms with Crippen LogP contribution in [-0.4, -0.2) is 36.4 Å². The minimum Gasteiger partial charge on any atom is -0.295 e. The standard InChI is InChI=1S/C16H17N5O3S/c1-11-2-4-14(5-3-11)21-16(13(7-17)8-19-21)20-9-12(6-15(20)22)10-25(18,23)24/h2-5,8,12H,6,9-10H2,1H3,(H2,18,23,24). The molecule has 1 atom stereocenters. The van der Waals surface area contributed by atoms with Crippen LogP contribution in [0.3, 0.4) is 0 Å². The van der Waals surface area contributed by atoms with E-state index < -0.39 is 15.9 Å². The number of aryl methyl sites for hydroxylation is 1. The first-order valence-corrected chi connectivity index (χ1v) is 9.36. The second-order valence-electron chi connectivity index (χ2n) is 6.15. The Hall–Kier alpha value is -2.70. The van der Waals surface area contributed by atoms with Gasteiger partial charge in [-0.15, -0.1) is 0 Å². The van der Waals surface area contributed by atoms with Crippen LogP contribution in [0, 0.1) is 24.2 Å². The van der Waals surface area contributed by atoms with Gasteiger partial charge in [-0.25, -0.2) is 18.2 Å². The molecular weight excluding hydrogens is 342 g/mol. The number of hydrogen-bond acceptors (Lipinski definition) is 5. The molecule has 0 aliphatic carbocycles. The summed E-state index contributed by atoms with van der Waals surface area (Å²) in [6.07, 6.45) is 1.47. The number of benzene rings is 1. The average Bonchev–Trinajstić information content (AvgIpc) is 3.09. The molecule has 0 saturated carbocycles. The minimum atomic E-state index is -3.67. The molecule has 1 aliphatic rings. The number of rotatable bonds is 4. The molecule has 1 saturated heterocycles. The van der Waals surface area contributed by atoms with Crippen LogP contribution in [0.1, 0.15) is 17.5 Å². The summed E-state index contributed by atoms with van der Waals surface area (Å²) in [5.41, 5.74) is 2.04. The first-order valence-electron chi connectivity index (χ1n) is 7.64. The summed E-state index contributed by atoms with van der Waals surface area (Å²) >= 11 is 0. The molecule has 9 heteroatoms. The van der Waals surface area contributed by atoms with Gasteiger partial charge in [-0.3, -0.25) is 9.69 Å². The van der Waals surface area contributed by atoms with E-state index in [1.54, 1.807) is 0 Å². The lowest BCUT2D eigenvalue weighted by atomic mass is 10.1. The van der Waals surface area contributed by atoms with Crippen molar-refractivity contribution in [1.29, 1.82) is 5.26 Å². The first kappa shape index (κ1) is 17.1. The fourth-order valence-corrected chi connectivity index (χ4v) is 3.86. The molecule has 0 bridgehead atoms. The van der Waals surface area contributed by atoms with E-state index in [2.05, 4.69) is 5.10 Å². The largest absolute Gasteiger partial charge is 0.295 e. The Morgan fingerprint density at radius 1 is 1.36 bits per heavy atom. The molecule has 130 valence electrons. The van der Waals surface area contributed by atoms with Crippen LogP contribution < -0.4 is 10.0 Å². The normalized spacial score (nSPS) is 17.7. The second kappa shape index (κ2) is 6.31. The average molecular weight is 359 g/mol. The lowest BCUT2D eigenvalue weighted by Gasteiger charge is -2.19. The Bertz CT molecular complexity index is 957. The Kier molecular flexibility index (Phi) is 4.32. The van der Waals surface area contributed by atoms with Crippen molar-refractivity contribution in [3.63, 3.8) is 0 Å². The van der Waals surface area contributed by atoms with E-state index in [1.807, 2.05) is 37.3 Å². The number of nitrogens with two attached hydrogens (primary N) is 1. The highest BCUT2D eigenvalue weighted by Gasteiger charge is 2.36. The number of nitrogens with zero attached hydrogens (tertiary/aromatic N) is 4. The van der Waals surface area contributed by atoms with E-state index in [0.717, 1.165) is 5.56 Å². The number of carbonyl (C=O) groups excluding carboxylic acids is 1. The van der Waals surface area contributed by atoms with Gasteiger partial charge in [0.2, 0.25) is 15.9 Å². The molecule has 1 amide bonds. The Morgan fingerprint density at radius 2 is 2.04 bits per heavy atom. The van der Waals surface area contributed by atoms with Crippen molar-refractivity contribution >= 4 is 21.7 Å². The summed E-state index contributed by atoms with van der Waals surface area (Å²) in [5.74, 6) is -0.571. The van der Waals surface area contributed by atoms with Gasteiger partial charge in [-0.1, -0.05) is 17.7 Å². The lowest BCUT2D eigenvalue weighted by Crippen LogP contribution is -2.29. The van der Waals surface area contributed by atoms with Gasteiger partial charge in [-0.05, 0) is 19.1 Å². The van der Waals surface area contributed by atoms with E-state index in [0.29, 0.717) is 11.5 Å². The van der Waals surface area contributed by atoms with Gasteiger partial charge in [-0.2, -0.15) is 10.4 Å². The molecule has 2 aromatic rings. The highest BCUT2D eigenvalue weighted by Crippen LogP contribution is 2.30. The zero-order valence-electron chi connectivity index (χ0n) is 13.6. The molecule has 1 aliphatic heterocycles. The minimum absolute atomic E-state index is 0.0698. The number of nitriles is 1. The molecule has 2 N–H and O–H groups in total. The van der Waals surface area contributed by atoms with Crippen LogP contribution in [-0.2, 0) is 14.8 Å². The predicted molar refractivity (Wildman–Crippen MR) is 91.5 cm³/mol. The monoisotopic (exact) mass is 359 g/mol. The van der Waals surface area contributed by atoms with E-state index >= 15 is 0 Å². The third-order valence-electron chi connectivity index (χ3n) is 4.07. The molecule has 3 rings (SSSR count). The third-order valence-corrected chi connectivity index (χ3v) is 5.01. The molecule has 1 fully saturated rings. The molecule has 1 aromatic heterocycles. The summed E-state index contributed by atoms with van der Waals surface area (Å²) in [6, 6.07) is 9.53. The fraction of sp³-hybridized carbons (Fsp3) is 0.312. The Labute approximate surface area is 145 Å². The van der Waals surface area contributed by atoms with Crippen molar-refractivity contribution in [3.05, 3.63) is 41.6 Å². The van der Waals surface area contributed by atoms with Crippen molar-refractivity contribution in [3.8, 4) is 11.8 Å². The predicted octanol–water partition coefficient (Wildman–Crippen LogP) is 0.694. The van der Waals surface area contributed by atoms with Crippen LogP contribution in [0.15, 0.2) is 30.5 Å². The molecular formula is C16H17N5O3S. The SMILES string of the molecule is Cc1ccc(-n2ncc(C#N)c2N2CC(CS(N)(=O)=O)CC2=O)cc1. The number of hydrogen-bond donors (Lipinski definition) is 1. The summed E-state index contributed by atoms with van der Waals surface area (Å²) < 4.78 is 24.1. The van der Waals surface area contributed by atoms with Gasteiger partial charge >= 0.3 is 0 Å². The highest BCUT2D eigenvalue weighted by atomic mass is 32.2. The second-order valence-corrected chi connectivity index (χ2v) is 7.80. The smallest absolute Gasteiger partial charge is 0.228 e. The topological polar surface area (TPSA) is 122 Å². The number of carbonyl (C=O) groups is 1. The molecule has 1 unspecified atom stereocenters. The summed E-state index contributed by atoms with van der Waals surface area (Å²) in [7, 11) is -3.67. The maximum Gasteiger partial charge on any atom is 0.228 e. The highest BCUT2D eigenvalue weighted by molar-refractivity contribution is 7.89. The van der Waals surface area contributed by atoms with Crippen molar-refractivity contribution in [2.24, 2.45) is 11.1 Å². The molecule has 1 aromatic carbocycles. The maximum absolute atomic E-state index is 12.4. The van der Waals surface area contributed by atoms with Crippen LogP contribution in [0.2, 0.25) is 0 Å². The number of aromatic nitrogens is 2. The van der Waals surface area contributed by atoms with E-state index in [-0.39, 0.29) is 30.2 Å². The summed E-state index contributed by atoms with van der Waals surface area (Å²) in [6.45, 7) is 2.14. The molecule has 8 nitrogen and oxygen atoms in total. The van der Waals surface area contributed by atoms with Gasteiger partial charge in [0.25, 0.3) is 0 Å². The maximum atomic E-state index is 12.4. The van der Waals surface area contributed by atoms with Crippen LogP contribution in [0.4, 0.5) is 5.82 Å². The van der Waals surface area contributed by atoms with Crippen LogP contribution in [0.5, 0.6) is 0 Å². The van der Waals surface area contributed by atoms with E-state index in [9.17, 15) is 18.5 Å². The number of amides is 1. The summed E-state index contributed by atoms with van der Waals surface area (Å²) in [5, 5.41) is 18.7. The Balaban J connectivity index is 1.99. The van der Waals surface area contributed by atoms with Gasteiger partial charge < -0.3 is 0 Å². The molecule has 0 radical (unpaired) electrons. The molecule has 0 spiro atoms. The van der Waals surface area contributed by atoms with Crippen molar-refractivity contribution in [2.45, 2.75) is 13.3 Å². The zero-order valence-corrected chi connectivity index (χ0v) is 14.4. The zero-order chi connectivity index (χ0) is 18.2. The van der Waals surface area contributed by atoms with Crippen molar-refractivity contribution in [2.75, 3.05) is 17.2 Å². The van der Waals surface area contributed by atoms with E-state index in [1.165, 1.54) is 15.8 Å². The lowest BCUT2D eigenvalue weighted by molar-refractivity contribution is -0.117. The number of primary sulfonamides is 1.